The molecule has 0 N–H and O–H groups in total. The summed E-state index contributed by atoms with van der Waals surface area (Å²) in [7, 11) is -1.38. The van der Waals surface area contributed by atoms with E-state index in [1.54, 1.807) is 6.21 Å². The van der Waals surface area contributed by atoms with Gasteiger partial charge in [0.1, 0.15) is 0 Å². The van der Waals surface area contributed by atoms with E-state index in [-0.39, 0.29) is 0 Å². The summed E-state index contributed by atoms with van der Waals surface area (Å²) in [5, 5.41) is 2.35. The van der Waals surface area contributed by atoms with Gasteiger partial charge in [-0.2, -0.15) is 4.40 Å². The van der Waals surface area contributed by atoms with Crippen LogP contribution >= 0.6 is 0 Å². The zero-order chi connectivity index (χ0) is 16.4. The molecule has 23 heavy (non-hydrogen) atoms. The lowest BCUT2D eigenvalue weighted by Gasteiger charge is -2.07. The first-order valence-corrected chi connectivity index (χ1v) is 8.68. The Morgan fingerprint density at radius 1 is 0.870 bits per heavy atom. The van der Waals surface area contributed by atoms with Crippen LogP contribution in [0.5, 0.6) is 0 Å². The van der Waals surface area contributed by atoms with Crippen molar-refractivity contribution >= 4 is 28.0 Å². The van der Waals surface area contributed by atoms with Gasteiger partial charge in [-0.25, -0.2) is 4.21 Å². The van der Waals surface area contributed by atoms with Gasteiger partial charge >= 0.3 is 0 Å². The van der Waals surface area contributed by atoms with Crippen molar-refractivity contribution in [3.05, 3.63) is 76.9 Å². The molecule has 1 atom stereocenters. The van der Waals surface area contributed by atoms with E-state index in [9.17, 15) is 4.21 Å². The van der Waals surface area contributed by atoms with Crippen LogP contribution in [0.3, 0.4) is 0 Å². The Bertz CT molecular complexity index is 905. The molecule has 0 spiro atoms. The molecule has 0 aliphatic carbocycles. The van der Waals surface area contributed by atoms with E-state index in [1.165, 1.54) is 10.9 Å². The Labute approximate surface area is 139 Å². The van der Waals surface area contributed by atoms with Crippen LogP contribution in [-0.4, -0.2) is 10.4 Å². The fourth-order valence-corrected chi connectivity index (χ4v) is 3.88. The highest BCUT2D eigenvalue weighted by atomic mass is 32.2. The maximum atomic E-state index is 12.5. The van der Waals surface area contributed by atoms with Crippen molar-refractivity contribution in [3.8, 4) is 0 Å². The van der Waals surface area contributed by atoms with Gasteiger partial charge in [-0.1, -0.05) is 54.1 Å². The monoisotopic (exact) mass is 321 g/mol. The highest BCUT2D eigenvalue weighted by Crippen LogP contribution is 2.21. The number of benzene rings is 3. The average Bonchev–Trinajstić information content (AvgIpc) is 2.51. The number of nitrogens with zero attached hydrogens (tertiary/aromatic N) is 1. The molecule has 3 aromatic rings. The number of rotatable bonds is 3. The van der Waals surface area contributed by atoms with Crippen molar-refractivity contribution in [1.29, 1.82) is 0 Å². The van der Waals surface area contributed by atoms with Gasteiger partial charge in [-0.05, 0) is 54.3 Å². The molecule has 116 valence electrons. The molecule has 0 aliphatic heterocycles. The van der Waals surface area contributed by atoms with Crippen molar-refractivity contribution in [2.75, 3.05) is 0 Å². The molecule has 3 aromatic carbocycles. The lowest BCUT2D eigenvalue weighted by Crippen LogP contribution is -1.97. The van der Waals surface area contributed by atoms with Gasteiger partial charge in [-0.3, -0.25) is 0 Å². The molecule has 3 rings (SSSR count). The summed E-state index contributed by atoms with van der Waals surface area (Å²) >= 11 is 0. The molecule has 0 amide bonds. The van der Waals surface area contributed by atoms with Gasteiger partial charge in [0.15, 0.2) is 11.0 Å². The summed E-state index contributed by atoms with van der Waals surface area (Å²) in [5.41, 5.74) is 4.19. The quantitative estimate of drug-likeness (QED) is 0.630. The molecular formula is C20H19NOS. The fourth-order valence-electron chi connectivity index (χ4n) is 2.89. The van der Waals surface area contributed by atoms with E-state index in [4.69, 9.17) is 0 Å². The second kappa shape index (κ2) is 6.47. The summed E-state index contributed by atoms with van der Waals surface area (Å²) < 4.78 is 16.8. The zero-order valence-corrected chi connectivity index (χ0v) is 14.4. The standard InChI is InChI=1S/C20H19NOS/c1-14-10-15(2)20(16(3)11-14)23(22)21-13-17-8-9-18-6-4-5-7-19(18)12-17/h4-13H,1-3H3/b21-13+/t23-/m1/s1. The van der Waals surface area contributed by atoms with E-state index >= 15 is 0 Å². The summed E-state index contributed by atoms with van der Waals surface area (Å²) in [6.45, 7) is 6.02. The van der Waals surface area contributed by atoms with Gasteiger partial charge in [0, 0.05) is 6.21 Å². The minimum Gasteiger partial charge on any atom is -0.229 e. The van der Waals surface area contributed by atoms with Crippen molar-refractivity contribution in [2.45, 2.75) is 25.7 Å². The van der Waals surface area contributed by atoms with Crippen LogP contribution in [0.25, 0.3) is 10.8 Å². The van der Waals surface area contributed by atoms with Crippen molar-refractivity contribution in [3.63, 3.8) is 0 Å². The predicted molar refractivity (Wildman–Crippen MR) is 98.6 cm³/mol. The molecule has 0 bridgehead atoms. The number of hydrogen-bond acceptors (Lipinski definition) is 1. The number of fused-ring (bicyclic) bond motifs is 1. The summed E-state index contributed by atoms with van der Waals surface area (Å²) in [6.07, 6.45) is 1.70. The van der Waals surface area contributed by atoms with Crippen LogP contribution in [0.2, 0.25) is 0 Å². The molecule has 0 aromatic heterocycles. The molecular weight excluding hydrogens is 302 g/mol. The maximum Gasteiger partial charge on any atom is 0.173 e. The van der Waals surface area contributed by atoms with E-state index in [1.807, 2.05) is 51.1 Å². The largest absolute Gasteiger partial charge is 0.229 e. The third-order valence-corrected chi connectivity index (χ3v) is 5.14. The Morgan fingerprint density at radius 2 is 1.52 bits per heavy atom. The molecule has 0 saturated heterocycles. The maximum absolute atomic E-state index is 12.5. The lowest BCUT2D eigenvalue weighted by atomic mass is 10.1. The molecule has 0 fully saturated rings. The minimum atomic E-state index is -1.38. The Hall–Kier alpha value is -2.26. The minimum absolute atomic E-state index is 0.813. The smallest absolute Gasteiger partial charge is 0.173 e. The Kier molecular flexibility index (Phi) is 4.39. The molecule has 0 unspecified atom stereocenters. The summed E-state index contributed by atoms with van der Waals surface area (Å²) in [6, 6.07) is 18.4. The first-order chi connectivity index (χ1) is 11.0. The SMILES string of the molecule is Cc1cc(C)c([S@@](=O)/N=C/c2ccc3ccccc3c2)c(C)c1. The highest BCUT2D eigenvalue weighted by molar-refractivity contribution is 7.84. The third-order valence-electron chi connectivity index (χ3n) is 3.85. The van der Waals surface area contributed by atoms with E-state index in [0.29, 0.717) is 0 Å². The van der Waals surface area contributed by atoms with Gasteiger partial charge in [0.2, 0.25) is 0 Å². The van der Waals surface area contributed by atoms with Crippen molar-refractivity contribution in [2.24, 2.45) is 4.40 Å². The van der Waals surface area contributed by atoms with E-state index in [2.05, 4.69) is 28.7 Å². The first kappa shape index (κ1) is 15.6. The van der Waals surface area contributed by atoms with Gasteiger partial charge in [-0.15, -0.1) is 0 Å². The van der Waals surface area contributed by atoms with Crippen LogP contribution in [-0.2, 0) is 11.0 Å². The third kappa shape index (κ3) is 3.40. The van der Waals surface area contributed by atoms with Gasteiger partial charge in [0.05, 0.1) is 4.90 Å². The summed E-state index contributed by atoms with van der Waals surface area (Å²) in [4.78, 5) is 0.813. The van der Waals surface area contributed by atoms with Crippen LogP contribution in [0, 0.1) is 20.8 Å². The topological polar surface area (TPSA) is 29.4 Å². The average molecular weight is 321 g/mol. The van der Waals surface area contributed by atoms with Crippen LogP contribution in [0.4, 0.5) is 0 Å². The normalized spacial score (nSPS) is 12.8. The molecule has 0 heterocycles. The van der Waals surface area contributed by atoms with Crippen molar-refractivity contribution in [1.82, 2.24) is 0 Å². The fraction of sp³-hybridized carbons (Fsp3) is 0.150. The van der Waals surface area contributed by atoms with Crippen molar-refractivity contribution < 1.29 is 4.21 Å². The zero-order valence-electron chi connectivity index (χ0n) is 13.5. The molecule has 2 nitrogen and oxygen atoms in total. The van der Waals surface area contributed by atoms with Crippen LogP contribution < -0.4 is 0 Å². The highest BCUT2D eigenvalue weighted by Gasteiger charge is 2.10. The van der Waals surface area contributed by atoms with Gasteiger partial charge < -0.3 is 0 Å². The molecule has 0 radical (unpaired) electrons. The summed E-state index contributed by atoms with van der Waals surface area (Å²) in [5.74, 6) is 0. The first-order valence-electron chi connectivity index (χ1n) is 7.57. The lowest BCUT2D eigenvalue weighted by molar-refractivity contribution is 0.683. The van der Waals surface area contributed by atoms with E-state index in [0.717, 1.165) is 27.0 Å². The van der Waals surface area contributed by atoms with Crippen LogP contribution in [0.1, 0.15) is 22.3 Å². The molecule has 3 heteroatoms. The molecule has 0 saturated carbocycles. The Balaban J connectivity index is 1.91. The Morgan fingerprint density at radius 3 is 2.22 bits per heavy atom. The number of hydrogen-bond donors (Lipinski definition) is 0. The van der Waals surface area contributed by atoms with Gasteiger partial charge in [0.25, 0.3) is 0 Å². The predicted octanol–water partition coefficient (Wildman–Crippen LogP) is 4.91. The van der Waals surface area contributed by atoms with Crippen LogP contribution in [0.15, 0.2) is 63.9 Å². The molecule has 0 aliphatic rings. The number of aryl methyl sites for hydroxylation is 3. The van der Waals surface area contributed by atoms with E-state index < -0.39 is 11.0 Å². The second-order valence-electron chi connectivity index (χ2n) is 5.82. The second-order valence-corrected chi connectivity index (χ2v) is 6.94.